The fourth-order valence-corrected chi connectivity index (χ4v) is 6.44. The topological polar surface area (TPSA) is 61.7 Å². The number of nitrogens with zero attached hydrogens (tertiary/aromatic N) is 4. The molecular weight excluding hydrogens is 576 g/mol. The molecule has 0 amide bonds. The van der Waals surface area contributed by atoms with Crippen LogP contribution in [0.1, 0.15) is 30.5 Å². The van der Waals surface area contributed by atoms with Gasteiger partial charge in [0, 0.05) is 29.9 Å². The number of benzene rings is 5. The van der Waals surface area contributed by atoms with Gasteiger partial charge in [-0.2, -0.15) is 5.10 Å². The zero-order valence-electron chi connectivity index (χ0n) is 25.6. The van der Waals surface area contributed by atoms with Gasteiger partial charge in [-0.1, -0.05) is 111 Å². The van der Waals surface area contributed by atoms with Crippen LogP contribution in [0, 0.1) is 17.6 Å². The highest BCUT2D eigenvalue weighted by molar-refractivity contribution is 5.88. The minimum Gasteiger partial charge on any atom is -0.369 e. The molecule has 2 N–H and O–H groups in total. The number of anilines is 1. The SMILES string of the molecule is CC(C)Cn1c(N)nc2ccc(-c3cn(C(c4ccccc4)(c4ccccc4)c4ccccc4)nc3-c3ccc(F)cc3F)cc21. The van der Waals surface area contributed by atoms with Gasteiger partial charge < -0.3 is 10.3 Å². The molecule has 0 bridgehead atoms. The first-order chi connectivity index (χ1) is 22.4. The van der Waals surface area contributed by atoms with Gasteiger partial charge in [-0.15, -0.1) is 0 Å². The van der Waals surface area contributed by atoms with E-state index in [1.165, 1.54) is 12.1 Å². The van der Waals surface area contributed by atoms with Crippen molar-refractivity contribution in [3.63, 3.8) is 0 Å². The van der Waals surface area contributed by atoms with Gasteiger partial charge in [0.2, 0.25) is 5.95 Å². The van der Waals surface area contributed by atoms with E-state index >= 15 is 4.39 Å². The van der Waals surface area contributed by atoms with E-state index in [0.29, 0.717) is 29.7 Å². The molecule has 0 radical (unpaired) electrons. The highest BCUT2D eigenvalue weighted by Gasteiger charge is 2.40. The highest BCUT2D eigenvalue weighted by Crippen LogP contribution is 2.44. The molecule has 228 valence electrons. The number of rotatable bonds is 8. The molecule has 0 fully saturated rings. The number of aromatic nitrogens is 4. The van der Waals surface area contributed by atoms with Gasteiger partial charge in [-0.25, -0.2) is 13.8 Å². The fraction of sp³-hybridized carbons (Fsp3) is 0.128. The summed E-state index contributed by atoms with van der Waals surface area (Å²) in [4.78, 5) is 4.59. The Hall–Kier alpha value is -5.56. The summed E-state index contributed by atoms with van der Waals surface area (Å²) in [7, 11) is 0. The van der Waals surface area contributed by atoms with Crippen LogP contribution in [-0.4, -0.2) is 19.3 Å². The first-order valence-electron chi connectivity index (χ1n) is 15.3. The van der Waals surface area contributed by atoms with Crippen molar-refractivity contribution in [1.82, 2.24) is 19.3 Å². The highest BCUT2D eigenvalue weighted by atomic mass is 19.1. The predicted octanol–water partition coefficient (Wildman–Crippen LogP) is 8.92. The molecule has 0 unspecified atom stereocenters. The maximum Gasteiger partial charge on any atom is 0.201 e. The molecule has 0 aliphatic heterocycles. The minimum absolute atomic E-state index is 0.202. The Morgan fingerprint density at radius 3 is 1.85 bits per heavy atom. The number of hydrogen-bond donors (Lipinski definition) is 1. The monoisotopic (exact) mass is 609 g/mol. The molecule has 5 aromatic carbocycles. The van der Waals surface area contributed by atoms with Crippen molar-refractivity contribution < 1.29 is 8.78 Å². The molecule has 0 saturated carbocycles. The lowest BCUT2D eigenvalue weighted by atomic mass is 9.77. The molecular formula is C39H33F2N5. The average molecular weight is 610 g/mol. The molecule has 2 heterocycles. The summed E-state index contributed by atoms with van der Waals surface area (Å²) in [5, 5.41) is 5.21. The van der Waals surface area contributed by atoms with E-state index in [2.05, 4.69) is 55.2 Å². The first kappa shape index (κ1) is 29.2. The molecule has 0 spiro atoms. The van der Waals surface area contributed by atoms with Crippen LogP contribution in [0.3, 0.4) is 0 Å². The normalized spacial score (nSPS) is 11.8. The summed E-state index contributed by atoms with van der Waals surface area (Å²) in [5.41, 5.74) is 12.1. The summed E-state index contributed by atoms with van der Waals surface area (Å²) in [6, 6.07) is 40.0. The van der Waals surface area contributed by atoms with Crippen LogP contribution in [0.4, 0.5) is 14.7 Å². The second kappa shape index (κ2) is 11.7. The number of fused-ring (bicyclic) bond motifs is 1. The maximum atomic E-state index is 15.7. The zero-order valence-corrected chi connectivity index (χ0v) is 25.6. The third-order valence-corrected chi connectivity index (χ3v) is 8.46. The van der Waals surface area contributed by atoms with Crippen LogP contribution < -0.4 is 5.73 Å². The van der Waals surface area contributed by atoms with Crippen LogP contribution in [-0.2, 0) is 12.1 Å². The molecule has 7 aromatic rings. The molecule has 0 saturated heterocycles. The molecule has 2 aromatic heterocycles. The Morgan fingerprint density at radius 2 is 1.30 bits per heavy atom. The van der Waals surface area contributed by atoms with E-state index in [9.17, 15) is 4.39 Å². The standard InChI is InChI=1S/C39H33F2N5/c1-26(2)24-45-36-22-27(18-21-35(36)43-38(45)42)33-25-46(44-37(33)32-20-19-31(40)23-34(32)41)39(28-12-6-3-7-13-28,29-14-8-4-9-15-29)30-16-10-5-11-17-30/h3-23,25-26H,24H2,1-2H3,(H2,42,43). The van der Waals surface area contributed by atoms with Gasteiger partial charge in [0.15, 0.2) is 0 Å². The lowest BCUT2D eigenvalue weighted by molar-refractivity contribution is 0.461. The fourth-order valence-electron chi connectivity index (χ4n) is 6.44. The average Bonchev–Trinajstić information content (AvgIpc) is 3.63. The van der Waals surface area contributed by atoms with Crippen molar-refractivity contribution in [3.05, 3.63) is 162 Å². The van der Waals surface area contributed by atoms with Gasteiger partial charge in [-0.05, 0) is 52.4 Å². The van der Waals surface area contributed by atoms with Gasteiger partial charge in [-0.3, -0.25) is 4.68 Å². The van der Waals surface area contributed by atoms with Crippen molar-refractivity contribution in [1.29, 1.82) is 0 Å². The van der Waals surface area contributed by atoms with E-state index in [4.69, 9.17) is 10.8 Å². The maximum absolute atomic E-state index is 15.7. The Kier molecular flexibility index (Phi) is 7.45. The van der Waals surface area contributed by atoms with Crippen LogP contribution >= 0.6 is 0 Å². The van der Waals surface area contributed by atoms with E-state index in [1.807, 2.05) is 88.2 Å². The second-order valence-corrected chi connectivity index (χ2v) is 11.9. The van der Waals surface area contributed by atoms with Crippen molar-refractivity contribution in [2.75, 3.05) is 5.73 Å². The predicted molar refractivity (Wildman–Crippen MR) is 180 cm³/mol. The van der Waals surface area contributed by atoms with Crippen molar-refractivity contribution in [2.45, 2.75) is 25.9 Å². The van der Waals surface area contributed by atoms with Crippen LogP contribution in [0.2, 0.25) is 0 Å². The molecule has 0 atom stereocenters. The molecule has 5 nitrogen and oxygen atoms in total. The third kappa shape index (κ3) is 4.94. The van der Waals surface area contributed by atoms with Crippen molar-refractivity contribution in [2.24, 2.45) is 5.92 Å². The van der Waals surface area contributed by atoms with Crippen LogP contribution in [0.5, 0.6) is 0 Å². The summed E-state index contributed by atoms with van der Waals surface area (Å²) >= 11 is 0. The molecule has 7 heteroatoms. The summed E-state index contributed by atoms with van der Waals surface area (Å²) in [6.07, 6.45) is 1.97. The largest absolute Gasteiger partial charge is 0.369 e. The minimum atomic E-state index is -0.929. The van der Waals surface area contributed by atoms with Crippen molar-refractivity contribution in [3.8, 4) is 22.4 Å². The van der Waals surface area contributed by atoms with Crippen LogP contribution in [0.25, 0.3) is 33.4 Å². The molecule has 7 rings (SSSR count). The van der Waals surface area contributed by atoms with Gasteiger partial charge in [0.1, 0.15) is 22.9 Å². The smallest absolute Gasteiger partial charge is 0.201 e. The number of imidazole rings is 1. The third-order valence-electron chi connectivity index (χ3n) is 8.46. The Morgan fingerprint density at radius 1 is 0.717 bits per heavy atom. The van der Waals surface area contributed by atoms with Gasteiger partial charge in [0.05, 0.1) is 11.0 Å². The van der Waals surface area contributed by atoms with E-state index in [-0.39, 0.29) is 5.56 Å². The molecule has 0 aliphatic rings. The summed E-state index contributed by atoms with van der Waals surface area (Å²) < 4.78 is 33.8. The lowest BCUT2D eigenvalue weighted by Crippen LogP contribution is -2.38. The number of nitrogens with two attached hydrogens (primary N) is 1. The Balaban J connectivity index is 1.57. The van der Waals surface area contributed by atoms with Crippen molar-refractivity contribution >= 4 is 17.0 Å². The van der Waals surface area contributed by atoms with E-state index < -0.39 is 17.2 Å². The quantitative estimate of drug-likeness (QED) is 0.175. The number of hydrogen-bond acceptors (Lipinski definition) is 3. The second-order valence-electron chi connectivity index (χ2n) is 11.9. The first-order valence-corrected chi connectivity index (χ1v) is 15.3. The molecule has 0 aliphatic carbocycles. The Bertz CT molecular complexity index is 2040. The number of nitrogen functional groups attached to an aromatic ring is 1. The zero-order chi connectivity index (χ0) is 31.8. The summed E-state index contributed by atoms with van der Waals surface area (Å²) in [5.74, 6) is -0.550. The van der Waals surface area contributed by atoms with E-state index in [1.54, 1.807) is 0 Å². The van der Waals surface area contributed by atoms with Gasteiger partial charge in [0.25, 0.3) is 0 Å². The Labute approximate surface area is 266 Å². The lowest BCUT2D eigenvalue weighted by Gasteiger charge is -2.36. The number of halogens is 2. The van der Waals surface area contributed by atoms with E-state index in [0.717, 1.165) is 39.4 Å². The summed E-state index contributed by atoms with van der Waals surface area (Å²) in [6.45, 7) is 4.96. The van der Waals surface area contributed by atoms with Crippen LogP contribution in [0.15, 0.2) is 134 Å². The van der Waals surface area contributed by atoms with Gasteiger partial charge >= 0.3 is 0 Å². The molecule has 46 heavy (non-hydrogen) atoms.